The molecule has 2 N–H and O–H groups in total. The minimum atomic E-state index is -0.330. The summed E-state index contributed by atoms with van der Waals surface area (Å²) in [7, 11) is 0. The number of amides is 2. The van der Waals surface area contributed by atoms with Gasteiger partial charge in [-0.15, -0.1) is 0 Å². The first-order chi connectivity index (χ1) is 12.4. The first-order valence-corrected chi connectivity index (χ1v) is 8.86. The molecule has 0 bridgehead atoms. The van der Waals surface area contributed by atoms with Crippen LogP contribution in [0.15, 0.2) is 36.4 Å². The van der Waals surface area contributed by atoms with Gasteiger partial charge in [0.1, 0.15) is 5.75 Å². The summed E-state index contributed by atoms with van der Waals surface area (Å²) in [6, 6.07) is 10.7. The monoisotopic (exact) mass is 374 g/mol. The second-order valence-electron chi connectivity index (χ2n) is 6.10. The molecule has 2 aromatic rings. The first-order valence-electron chi connectivity index (χ1n) is 8.48. The molecule has 0 spiro atoms. The number of anilines is 2. The van der Waals surface area contributed by atoms with E-state index in [0.29, 0.717) is 28.6 Å². The highest BCUT2D eigenvalue weighted by molar-refractivity contribution is 6.33. The zero-order chi connectivity index (χ0) is 19.1. The van der Waals surface area contributed by atoms with Crippen LogP contribution in [0, 0.1) is 13.8 Å². The second kappa shape index (κ2) is 9.25. The predicted octanol–water partition coefficient (Wildman–Crippen LogP) is 4.71. The first kappa shape index (κ1) is 19.8. The highest BCUT2D eigenvalue weighted by atomic mass is 35.5. The van der Waals surface area contributed by atoms with E-state index in [9.17, 15) is 9.59 Å². The minimum Gasteiger partial charge on any atom is -0.483 e. The quantitative estimate of drug-likeness (QED) is 0.737. The van der Waals surface area contributed by atoms with Crippen molar-refractivity contribution >= 4 is 34.8 Å². The van der Waals surface area contributed by atoms with E-state index in [2.05, 4.69) is 10.6 Å². The summed E-state index contributed by atoms with van der Waals surface area (Å²) in [5.74, 6) is 0.256. The van der Waals surface area contributed by atoms with Gasteiger partial charge in [-0.25, -0.2) is 0 Å². The zero-order valence-electron chi connectivity index (χ0n) is 15.2. The van der Waals surface area contributed by atoms with Crippen molar-refractivity contribution in [1.82, 2.24) is 0 Å². The Balaban J connectivity index is 1.98. The lowest BCUT2D eigenvalue weighted by Crippen LogP contribution is -2.21. The number of rotatable bonds is 7. The molecule has 138 valence electrons. The van der Waals surface area contributed by atoms with E-state index in [1.165, 1.54) is 0 Å². The Morgan fingerprint density at radius 1 is 1.04 bits per heavy atom. The molecule has 0 aliphatic rings. The molecule has 0 aromatic heterocycles. The van der Waals surface area contributed by atoms with E-state index in [1.54, 1.807) is 18.2 Å². The molecule has 0 heterocycles. The van der Waals surface area contributed by atoms with Crippen LogP contribution in [0.4, 0.5) is 11.4 Å². The normalized spacial score (nSPS) is 10.3. The van der Waals surface area contributed by atoms with Gasteiger partial charge in [0, 0.05) is 12.1 Å². The maximum Gasteiger partial charge on any atom is 0.262 e. The molecular formula is C20H23ClN2O3. The molecule has 0 radical (unpaired) electrons. The topological polar surface area (TPSA) is 67.4 Å². The molecule has 0 aliphatic carbocycles. The van der Waals surface area contributed by atoms with Gasteiger partial charge in [-0.1, -0.05) is 36.2 Å². The van der Waals surface area contributed by atoms with Crippen LogP contribution in [0.1, 0.15) is 30.9 Å². The molecule has 0 saturated heterocycles. The van der Waals surface area contributed by atoms with Gasteiger partial charge in [0.2, 0.25) is 5.91 Å². The van der Waals surface area contributed by atoms with E-state index >= 15 is 0 Å². The highest BCUT2D eigenvalue weighted by Gasteiger charge is 2.10. The maximum absolute atomic E-state index is 12.2. The van der Waals surface area contributed by atoms with E-state index in [0.717, 1.165) is 17.5 Å². The molecule has 0 aliphatic heterocycles. The van der Waals surface area contributed by atoms with Crippen molar-refractivity contribution in [3.05, 3.63) is 52.5 Å². The number of halogens is 1. The van der Waals surface area contributed by atoms with E-state index < -0.39 is 0 Å². The molecule has 2 aromatic carbocycles. The van der Waals surface area contributed by atoms with Gasteiger partial charge in [-0.05, 0) is 50.1 Å². The third kappa shape index (κ3) is 5.77. The van der Waals surface area contributed by atoms with Gasteiger partial charge >= 0.3 is 0 Å². The Morgan fingerprint density at radius 2 is 1.81 bits per heavy atom. The lowest BCUT2D eigenvalue weighted by Gasteiger charge is -2.12. The van der Waals surface area contributed by atoms with Crippen LogP contribution < -0.4 is 15.4 Å². The highest BCUT2D eigenvalue weighted by Crippen LogP contribution is 2.26. The van der Waals surface area contributed by atoms with Crippen molar-refractivity contribution in [2.75, 3.05) is 17.2 Å². The van der Waals surface area contributed by atoms with E-state index in [1.807, 2.05) is 39.0 Å². The van der Waals surface area contributed by atoms with Gasteiger partial charge < -0.3 is 15.4 Å². The lowest BCUT2D eigenvalue weighted by atomic mass is 10.1. The third-order valence-electron chi connectivity index (χ3n) is 3.69. The van der Waals surface area contributed by atoms with E-state index in [-0.39, 0.29) is 18.4 Å². The van der Waals surface area contributed by atoms with Crippen molar-refractivity contribution in [3.8, 4) is 5.75 Å². The number of carbonyl (C=O) groups is 2. The average molecular weight is 375 g/mol. The molecule has 26 heavy (non-hydrogen) atoms. The molecule has 0 atom stereocenters. The van der Waals surface area contributed by atoms with Crippen LogP contribution in [-0.2, 0) is 9.59 Å². The van der Waals surface area contributed by atoms with Crippen molar-refractivity contribution in [2.45, 2.75) is 33.6 Å². The molecule has 0 fully saturated rings. The summed E-state index contributed by atoms with van der Waals surface area (Å²) in [6.07, 6.45) is 1.20. The Labute approximate surface area is 158 Å². The summed E-state index contributed by atoms with van der Waals surface area (Å²) < 4.78 is 5.57. The lowest BCUT2D eigenvalue weighted by molar-refractivity contribution is -0.118. The number of carbonyl (C=O) groups excluding carboxylic acids is 2. The Bertz CT molecular complexity index is 806. The van der Waals surface area contributed by atoms with Crippen LogP contribution in [0.5, 0.6) is 5.75 Å². The van der Waals surface area contributed by atoms with Gasteiger partial charge in [0.15, 0.2) is 6.61 Å². The third-order valence-corrected chi connectivity index (χ3v) is 4.02. The Morgan fingerprint density at radius 3 is 2.50 bits per heavy atom. The van der Waals surface area contributed by atoms with Crippen LogP contribution in [0.2, 0.25) is 5.02 Å². The zero-order valence-corrected chi connectivity index (χ0v) is 15.9. The fourth-order valence-electron chi connectivity index (χ4n) is 2.44. The van der Waals surface area contributed by atoms with Gasteiger partial charge in [0.25, 0.3) is 5.91 Å². The van der Waals surface area contributed by atoms with Crippen LogP contribution in [-0.4, -0.2) is 18.4 Å². The fraction of sp³-hybridized carbons (Fsp3) is 0.300. The second-order valence-corrected chi connectivity index (χ2v) is 6.51. The Hall–Kier alpha value is -2.53. The van der Waals surface area contributed by atoms with Crippen molar-refractivity contribution in [2.24, 2.45) is 0 Å². The number of hydrogen-bond donors (Lipinski definition) is 2. The summed E-state index contributed by atoms with van der Waals surface area (Å²) in [5, 5.41) is 5.87. The number of aryl methyl sites for hydroxylation is 2. The van der Waals surface area contributed by atoms with Crippen LogP contribution in [0.3, 0.4) is 0 Å². The molecule has 5 nitrogen and oxygen atoms in total. The van der Waals surface area contributed by atoms with Gasteiger partial charge in [-0.2, -0.15) is 0 Å². The standard InChI is InChI=1S/C20H23ClN2O3/c1-4-5-19(24)22-15-7-8-16(21)17(11-15)23-20(25)12-26-18-9-6-13(2)10-14(18)3/h6-11H,4-5,12H2,1-3H3,(H,22,24)(H,23,25). The molecule has 6 heteroatoms. The van der Waals surface area contributed by atoms with E-state index in [4.69, 9.17) is 16.3 Å². The number of ether oxygens (including phenoxy) is 1. The molecule has 0 unspecified atom stereocenters. The molecule has 2 rings (SSSR count). The fourth-order valence-corrected chi connectivity index (χ4v) is 2.61. The smallest absolute Gasteiger partial charge is 0.262 e. The van der Waals surface area contributed by atoms with Crippen molar-refractivity contribution in [1.29, 1.82) is 0 Å². The average Bonchev–Trinajstić information content (AvgIpc) is 2.57. The van der Waals surface area contributed by atoms with Crippen LogP contribution >= 0.6 is 11.6 Å². The molecule has 0 saturated carbocycles. The molecular weight excluding hydrogens is 352 g/mol. The van der Waals surface area contributed by atoms with Crippen molar-refractivity contribution in [3.63, 3.8) is 0 Å². The van der Waals surface area contributed by atoms with Gasteiger partial charge in [-0.3, -0.25) is 9.59 Å². The Kier molecular flexibility index (Phi) is 7.04. The largest absolute Gasteiger partial charge is 0.483 e. The maximum atomic E-state index is 12.2. The van der Waals surface area contributed by atoms with Crippen molar-refractivity contribution < 1.29 is 14.3 Å². The summed E-state index contributed by atoms with van der Waals surface area (Å²) in [5.41, 5.74) is 3.11. The molecule has 2 amide bonds. The summed E-state index contributed by atoms with van der Waals surface area (Å²) in [4.78, 5) is 23.9. The van der Waals surface area contributed by atoms with Crippen LogP contribution in [0.25, 0.3) is 0 Å². The number of benzene rings is 2. The predicted molar refractivity (Wildman–Crippen MR) is 105 cm³/mol. The minimum absolute atomic E-state index is 0.0784. The number of hydrogen-bond acceptors (Lipinski definition) is 3. The van der Waals surface area contributed by atoms with Gasteiger partial charge in [0.05, 0.1) is 10.7 Å². The SMILES string of the molecule is CCCC(=O)Nc1ccc(Cl)c(NC(=O)COc2ccc(C)cc2C)c1. The number of nitrogens with one attached hydrogen (secondary N) is 2. The summed E-state index contributed by atoms with van der Waals surface area (Å²) in [6.45, 7) is 5.73. The summed E-state index contributed by atoms with van der Waals surface area (Å²) >= 11 is 6.13.